The van der Waals surface area contributed by atoms with Gasteiger partial charge in [-0.05, 0) is 12.1 Å². The normalized spacial score (nSPS) is 9.00. The molecular formula is C6H8BN4O. The van der Waals surface area contributed by atoms with Crippen molar-refractivity contribution in [3.05, 3.63) is 36.9 Å². The Kier molecular flexibility index (Phi) is 2.65. The highest BCUT2D eigenvalue weighted by Gasteiger charge is 1.96. The summed E-state index contributed by atoms with van der Waals surface area (Å²) in [5.41, 5.74) is 0. The van der Waals surface area contributed by atoms with Gasteiger partial charge in [-0.15, -0.1) is 0 Å². The lowest BCUT2D eigenvalue weighted by atomic mass is 10.2. The number of rotatable bonds is 2. The highest BCUT2D eigenvalue weighted by molar-refractivity contribution is 6.30. The first-order valence-electron chi connectivity index (χ1n) is 3.28. The van der Waals surface area contributed by atoms with Crippen LogP contribution in [0.2, 0.25) is 0 Å². The van der Waals surface area contributed by atoms with Crippen LogP contribution in [0.25, 0.3) is 0 Å². The van der Waals surface area contributed by atoms with Crippen molar-refractivity contribution >= 4 is 7.55 Å². The van der Waals surface area contributed by atoms with Crippen LogP contribution in [0.5, 0.6) is 0 Å². The molecule has 5 nitrogen and oxygen atoms in total. The number of aromatic nitrogens is 4. The van der Waals surface area contributed by atoms with Crippen molar-refractivity contribution in [3.63, 3.8) is 0 Å². The second-order valence-electron chi connectivity index (χ2n) is 2.09. The van der Waals surface area contributed by atoms with Crippen molar-refractivity contribution in [3.8, 4) is 0 Å². The third-order valence-electron chi connectivity index (χ3n) is 1.29. The molecular weight excluding hydrogens is 155 g/mol. The van der Waals surface area contributed by atoms with Crippen molar-refractivity contribution in [1.82, 2.24) is 19.4 Å². The van der Waals surface area contributed by atoms with Crippen LogP contribution in [0.3, 0.4) is 0 Å². The van der Waals surface area contributed by atoms with Gasteiger partial charge in [0, 0.05) is 24.8 Å². The molecule has 0 aliphatic carbocycles. The molecule has 2 heterocycles. The molecule has 0 spiro atoms. The zero-order valence-electron chi connectivity index (χ0n) is 6.33. The van der Waals surface area contributed by atoms with E-state index in [9.17, 15) is 0 Å². The molecule has 2 rings (SSSR count). The molecule has 0 fully saturated rings. The maximum atomic E-state index is 3.99. The molecule has 0 aromatic carbocycles. The smallest absolute Gasteiger partial charge is 0.412 e. The Morgan fingerprint density at radius 1 is 0.917 bits per heavy atom. The first-order valence-corrected chi connectivity index (χ1v) is 3.28. The molecule has 12 heavy (non-hydrogen) atoms. The number of hydrogen-bond acceptors (Lipinski definition) is 2. The van der Waals surface area contributed by atoms with E-state index in [0.29, 0.717) is 0 Å². The Balaban J connectivity index is 0.000000720. The monoisotopic (exact) mass is 163 g/mol. The van der Waals surface area contributed by atoms with Crippen molar-refractivity contribution in [2.45, 2.75) is 0 Å². The van der Waals surface area contributed by atoms with E-state index in [2.05, 4.69) is 10.2 Å². The maximum Gasteiger partial charge on any atom is 0.436 e. The first-order chi connectivity index (χ1) is 5.45. The molecule has 0 saturated carbocycles. The summed E-state index contributed by atoms with van der Waals surface area (Å²) >= 11 is 0. The topological polar surface area (TPSA) is 67.1 Å². The molecule has 61 valence electrons. The Morgan fingerprint density at radius 2 is 1.42 bits per heavy atom. The van der Waals surface area contributed by atoms with Gasteiger partial charge >= 0.3 is 7.55 Å². The van der Waals surface area contributed by atoms with Crippen molar-refractivity contribution in [1.29, 1.82) is 0 Å². The third kappa shape index (κ3) is 1.73. The van der Waals surface area contributed by atoms with Crippen LogP contribution in [0.15, 0.2) is 36.9 Å². The molecule has 2 aromatic heterocycles. The van der Waals surface area contributed by atoms with Crippen LogP contribution in [0.4, 0.5) is 0 Å². The summed E-state index contributed by atoms with van der Waals surface area (Å²) in [7, 11) is 1.78. The van der Waals surface area contributed by atoms with Gasteiger partial charge in [-0.1, -0.05) is 0 Å². The minimum Gasteiger partial charge on any atom is -0.412 e. The molecule has 6 heteroatoms. The summed E-state index contributed by atoms with van der Waals surface area (Å²) < 4.78 is 3.38. The van der Waals surface area contributed by atoms with E-state index in [1.165, 1.54) is 0 Å². The Hall–Kier alpha value is -1.56. The molecule has 1 radical (unpaired) electrons. The Bertz CT molecular complexity index is 272. The second-order valence-corrected chi connectivity index (χ2v) is 2.09. The molecule has 0 aliphatic rings. The van der Waals surface area contributed by atoms with Gasteiger partial charge in [0.15, 0.2) is 0 Å². The van der Waals surface area contributed by atoms with Crippen molar-refractivity contribution in [2.24, 2.45) is 0 Å². The van der Waals surface area contributed by atoms with Gasteiger partial charge in [-0.2, -0.15) is 10.2 Å². The van der Waals surface area contributed by atoms with Crippen LogP contribution in [0, 0.1) is 0 Å². The fourth-order valence-corrected chi connectivity index (χ4v) is 0.819. The third-order valence-corrected chi connectivity index (χ3v) is 1.29. The minimum absolute atomic E-state index is 0. The minimum atomic E-state index is 0. The lowest BCUT2D eigenvalue weighted by Crippen LogP contribution is -2.17. The molecule has 0 saturated heterocycles. The van der Waals surface area contributed by atoms with Crippen LogP contribution >= 0.6 is 0 Å². The van der Waals surface area contributed by atoms with Gasteiger partial charge in [0.1, 0.15) is 0 Å². The van der Waals surface area contributed by atoms with Gasteiger partial charge in [0.05, 0.1) is 0 Å². The molecule has 0 bridgehead atoms. The average molecular weight is 163 g/mol. The van der Waals surface area contributed by atoms with E-state index < -0.39 is 0 Å². The lowest BCUT2D eigenvalue weighted by Gasteiger charge is -1.95. The van der Waals surface area contributed by atoms with Crippen LogP contribution in [-0.4, -0.2) is 32.4 Å². The average Bonchev–Trinajstić information content (AvgIpc) is 2.60. The summed E-state index contributed by atoms with van der Waals surface area (Å²) in [6.07, 6.45) is 7.14. The second kappa shape index (κ2) is 3.73. The summed E-state index contributed by atoms with van der Waals surface area (Å²) in [5.74, 6) is 0. The molecule has 0 amide bonds. The predicted molar refractivity (Wildman–Crippen MR) is 44.6 cm³/mol. The highest BCUT2D eigenvalue weighted by Crippen LogP contribution is 1.83. The van der Waals surface area contributed by atoms with E-state index in [0.717, 1.165) is 0 Å². The molecule has 2 aromatic rings. The summed E-state index contributed by atoms with van der Waals surface area (Å²) in [4.78, 5) is 0. The largest absolute Gasteiger partial charge is 0.436 e. The van der Waals surface area contributed by atoms with E-state index in [4.69, 9.17) is 0 Å². The fraction of sp³-hybridized carbons (Fsp3) is 0. The predicted octanol–water partition coefficient (Wildman–Crippen LogP) is -0.815. The van der Waals surface area contributed by atoms with Gasteiger partial charge in [0.25, 0.3) is 0 Å². The molecule has 0 atom stereocenters. The van der Waals surface area contributed by atoms with Crippen molar-refractivity contribution < 1.29 is 5.48 Å². The SMILES string of the molecule is O.[B](n1cccn1)n1cccn1. The summed E-state index contributed by atoms with van der Waals surface area (Å²) in [5, 5.41) is 7.98. The molecule has 2 N–H and O–H groups in total. The standard InChI is InChI=1S/C6H6BN4.H2O/c1-3-8-10(5-1)7-11-6-2-4-9-11;/h1-6H;1H2. The molecule has 0 aliphatic heterocycles. The van der Waals surface area contributed by atoms with Gasteiger partial charge in [-0.3, -0.25) is 9.19 Å². The highest BCUT2D eigenvalue weighted by atomic mass is 16.0. The maximum absolute atomic E-state index is 3.99. The molecule has 0 unspecified atom stereocenters. The lowest BCUT2D eigenvalue weighted by molar-refractivity contribution is 0.824. The zero-order chi connectivity index (χ0) is 7.52. The quantitative estimate of drug-likeness (QED) is 0.543. The van der Waals surface area contributed by atoms with Crippen LogP contribution in [-0.2, 0) is 0 Å². The number of hydrogen-bond donors (Lipinski definition) is 0. The fourth-order valence-electron chi connectivity index (χ4n) is 0.819. The van der Waals surface area contributed by atoms with E-state index >= 15 is 0 Å². The summed E-state index contributed by atoms with van der Waals surface area (Å²) in [6.45, 7) is 0. The van der Waals surface area contributed by atoms with Crippen LogP contribution in [0.1, 0.15) is 0 Å². The Labute approximate surface area is 70.2 Å². The Morgan fingerprint density at radius 3 is 1.75 bits per heavy atom. The van der Waals surface area contributed by atoms with E-state index in [1.54, 1.807) is 29.1 Å². The summed E-state index contributed by atoms with van der Waals surface area (Å²) in [6, 6.07) is 3.72. The van der Waals surface area contributed by atoms with E-state index in [1.807, 2.05) is 24.5 Å². The first kappa shape index (κ1) is 8.54. The van der Waals surface area contributed by atoms with Gasteiger partial charge in [-0.25, -0.2) is 0 Å². The van der Waals surface area contributed by atoms with Crippen LogP contribution < -0.4 is 0 Å². The zero-order valence-corrected chi connectivity index (χ0v) is 6.33. The van der Waals surface area contributed by atoms with Gasteiger partial charge < -0.3 is 5.48 Å². The van der Waals surface area contributed by atoms with E-state index in [-0.39, 0.29) is 5.48 Å². The van der Waals surface area contributed by atoms with Gasteiger partial charge in [0.2, 0.25) is 0 Å². The number of nitrogens with zero attached hydrogens (tertiary/aromatic N) is 4. The van der Waals surface area contributed by atoms with Crippen molar-refractivity contribution in [2.75, 3.05) is 0 Å².